The van der Waals surface area contributed by atoms with Crippen LogP contribution < -0.4 is 0 Å². The van der Waals surface area contributed by atoms with Crippen LogP contribution in [0.5, 0.6) is 0 Å². The topological polar surface area (TPSA) is 38.7 Å². The SMILES string of the molecule is CC1CCC(O)C(OCCOC(C)C)C1. The standard InChI is InChI=1S/C12H24O3/c1-9(2)14-6-7-15-12-8-10(3)4-5-11(12)13/h9-13H,4-8H2,1-3H3. The normalized spacial score (nSPS) is 32.2. The van der Waals surface area contributed by atoms with Crippen LogP contribution in [-0.4, -0.2) is 36.6 Å². The lowest BCUT2D eigenvalue weighted by atomic mass is 9.86. The minimum absolute atomic E-state index is 0.0181. The Morgan fingerprint density at radius 2 is 2.00 bits per heavy atom. The summed E-state index contributed by atoms with van der Waals surface area (Å²) < 4.78 is 11.0. The number of rotatable bonds is 5. The van der Waals surface area contributed by atoms with Crippen molar-refractivity contribution in [2.45, 2.75) is 58.3 Å². The molecule has 15 heavy (non-hydrogen) atoms. The van der Waals surface area contributed by atoms with Crippen molar-refractivity contribution >= 4 is 0 Å². The van der Waals surface area contributed by atoms with Crippen LogP contribution in [0.25, 0.3) is 0 Å². The first-order chi connectivity index (χ1) is 7.09. The molecule has 1 aliphatic rings. The summed E-state index contributed by atoms with van der Waals surface area (Å²) in [5.74, 6) is 0.671. The molecule has 0 saturated heterocycles. The van der Waals surface area contributed by atoms with Crippen molar-refractivity contribution in [1.29, 1.82) is 0 Å². The molecule has 0 aliphatic heterocycles. The van der Waals surface area contributed by atoms with E-state index in [4.69, 9.17) is 9.47 Å². The molecule has 1 aliphatic carbocycles. The third kappa shape index (κ3) is 4.96. The van der Waals surface area contributed by atoms with E-state index in [2.05, 4.69) is 6.92 Å². The van der Waals surface area contributed by atoms with Crippen LogP contribution in [0.4, 0.5) is 0 Å². The van der Waals surface area contributed by atoms with E-state index >= 15 is 0 Å². The average Bonchev–Trinajstić information content (AvgIpc) is 2.17. The maximum Gasteiger partial charge on any atom is 0.0837 e. The molecule has 0 aromatic heterocycles. The predicted molar refractivity (Wildman–Crippen MR) is 59.8 cm³/mol. The van der Waals surface area contributed by atoms with Gasteiger partial charge in [0.25, 0.3) is 0 Å². The summed E-state index contributed by atoms with van der Waals surface area (Å²) >= 11 is 0. The maximum atomic E-state index is 9.73. The average molecular weight is 216 g/mol. The molecule has 0 heterocycles. The third-order valence-corrected chi connectivity index (χ3v) is 2.89. The summed E-state index contributed by atoms with van der Waals surface area (Å²) in [6.07, 6.45) is 2.96. The van der Waals surface area contributed by atoms with Crippen molar-refractivity contribution < 1.29 is 14.6 Å². The van der Waals surface area contributed by atoms with Crippen molar-refractivity contribution in [3.8, 4) is 0 Å². The molecule has 0 aromatic carbocycles. The number of hydrogen-bond acceptors (Lipinski definition) is 3. The van der Waals surface area contributed by atoms with Crippen molar-refractivity contribution in [3.05, 3.63) is 0 Å². The number of hydrogen-bond donors (Lipinski definition) is 1. The molecule has 3 heteroatoms. The smallest absolute Gasteiger partial charge is 0.0837 e. The van der Waals surface area contributed by atoms with E-state index in [1.165, 1.54) is 0 Å². The molecule has 3 nitrogen and oxygen atoms in total. The Bertz CT molecular complexity index is 170. The van der Waals surface area contributed by atoms with Crippen LogP contribution >= 0.6 is 0 Å². The molecule has 90 valence electrons. The second-order valence-corrected chi connectivity index (χ2v) is 4.81. The van der Waals surface area contributed by atoms with E-state index in [-0.39, 0.29) is 18.3 Å². The lowest BCUT2D eigenvalue weighted by molar-refractivity contribution is -0.0868. The van der Waals surface area contributed by atoms with E-state index in [9.17, 15) is 5.11 Å². The summed E-state index contributed by atoms with van der Waals surface area (Å²) in [6.45, 7) is 7.45. The van der Waals surface area contributed by atoms with Crippen LogP contribution in [0.3, 0.4) is 0 Å². The minimum atomic E-state index is -0.278. The Kier molecular flexibility index (Phi) is 5.58. The fourth-order valence-electron chi connectivity index (χ4n) is 1.98. The molecule has 1 rings (SSSR count). The van der Waals surface area contributed by atoms with E-state index in [1.54, 1.807) is 0 Å². The lowest BCUT2D eigenvalue weighted by Crippen LogP contribution is -2.36. The highest BCUT2D eigenvalue weighted by molar-refractivity contribution is 4.78. The first kappa shape index (κ1) is 12.9. The fourth-order valence-corrected chi connectivity index (χ4v) is 1.98. The van der Waals surface area contributed by atoms with E-state index in [1.807, 2.05) is 13.8 Å². The summed E-state index contributed by atoms with van der Waals surface area (Å²) in [4.78, 5) is 0. The molecule has 1 N–H and O–H groups in total. The molecule has 3 atom stereocenters. The first-order valence-electron chi connectivity index (χ1n) is 6.01. The van der Waals surface area contributed by atoms with Crippen molar-refractivity contribution in [2.75, 3.05) is 13.2 Å². The monoisotopic (exact) mass is 216 g/mol. The van der Waals surface area contributed by atoms with Gasteiger partial charge in [0.05, 0.1) is 31.5 Å². The van der Waals surface area contributed by atoms with Crippen LogP contribution in [0.2, 0.25) is 0 Å². The van der Waals surface area contributed by atoms with Gasteiger partial charge in [0.1, 0.15) is 0 Å². The molecule has 3 unspecified atom stereocenters. The molecule has 0 aromatic rings. The second kappa shape index (κ2) is 6.46. The maximum absolute atomic E-state index is 9.73. The first-order valence-corrected chi connectivity index (χ1v) is 6.01. The van der Waals surface area contributed by atoms with E-state index in [0.717, 1.165) is 19.3 Å². The second-order valence-electron chi connectivity index (χ2n) is 4.81. The Hall–Kier alpha value is -0.120. The zero-order valence-corrected chi connectivity index (χ0v) is 10.1. The van der Waals surface area contributed by atoms with Crippen molar-refractivity contribution in [2.24, 2.45) is 5.92 Å². The largest absolute Gasteiger partial charge is 0.390 e. The summed E-state index contributed by atoms with van der Waals surface area (Å²) in [5, 5.41) is 9.73. The fraction of sp³-hybridized carbons (Fsp3) is 1.00. The van der Waals surface area contributed by atoms with Gasteiger partial charge in [-0.2, -0.15) is 0 Å². The highest BCUT2D eigenvalue weighted by atomic mass is 16.5. The third-order valence-electron chi connectivity index (χ3n) is 2.89. The van der Waals surface area contributed by atoms with Gasteiger partial charge in [0, 0.05) is 0 Å². The quantitative estimate of drug-likeness (QED) is 0.714. The summed E-state index contributed by atoms with van der Waals surface area (Å²) in [7, 11) is 0. The zero-order chi connectivity index (χ0) is 11.3. The highest BCUT2D eigenvalue weighted by Crippen LogP contribution is 2.26. The summed E-state index contributed by atoms with van der Waals surface area (Å²) in [6, 6.07) is 0. The summed E-state index contributed by atoms with van der Waals surface area (Å²) in [5.41, 5.74) is 0. The predicted octanol–water partition coefficient (Wildman–Crippen LogP) is 1.98. The molecular formula is C12H24O3. The van der Waals surface area contributed by atoms with Gasteiger partial charge >= 0.3 is 0 Å². The van der Waals surface area contributed by atoms with Crippen LogP contribution in [-0.2, 0) is 9.47 Å². The van der Waals surface area contributed by atoms with Gasteiger partial charge in [-0.1, -0.05) is 6.92 Å². The Morgan fingerprint density at radius 1 is 1.27 bits per heavy atom. The van der Waals surface area contributed by atoms with Crippen molar-refractivity contribution in [1.82, 2.24) is 0 Å². The molecule has 0 amide bonds. The van der Waals surface area contributed by atoms with Gasteiger partial charge in [-0.15, -0.1) is 0 Å². The van der Waals surface area contributed by atoms with Crippen molar-refractivity contribution in [3.63, 3.8) is 0 Å². The Labute approximate surface area is 92.8 Å². The lowest BCUT2D eigenvalue weighted by Gasteiger charge is -2.31. The van der Waals surface area contributed by atoms with Gasteiger partial charge in [-0.25, -0.2) is 0 Å². The zero-order valence-electron chi connectivity index (χ0n) is 10.1. The molecular weight excluding hydrogens is 192 g/mol. The highest BCUT2D eigenvalue weighted by Gasteiger charge is 2.27. The molecule has 0 spiro atoms. The minimum Gasteiger partial charge on any atom is -0.390 e. The van der Waals surface area contributed by atoms with E-state index in [0.29, 0.717) is 19.1 Å². The van der Waals surface area contributed by atoms with Crippen LogP contribution in [0.1, 0.15) is 40.0 Å². The number of aliphatic hydroxyl groups excluding tert-OH is 1. The van der Waals surface area contributed by atoms with Gasteiger partial charge in [-0.3, -0.25) is 0 Å². The van der Waals surface area contributed by atoms with Gasteiger partial charge < -0.3 is 14.6 Å². The van der Waals surface area contributed by atoms with Gasteiger partial charge in [0.15, 0.2) is 0 Å². The van der Waals surface area contributed by atoms with E-state index < -0.39 is 0 Å². The molecule has 1 fully saturated rings. The van der Waals surface area contributed by atoms with Gasteiger partial charge in [-0.05, 0) is 39.0 Å². The van der Waals surface area contributed by atoms with Gasteiger partial charge in [0.2, 0.25) is 0 Å². The Morgan fingerprint density at radius 3 is 2.67 bits per heavy atom. The Balaban J connectivity index is 2.13. The number of ether oxygens (including phenoxy) is 2. The number of aliphatic hydroxyl groups is 1. The molecule has 1 saturated carbocycles. The molecule has 0 radical (unpaired) electrons. The molecule has 0 bridgehead atoms. The van der Waals surface area contributed by atoms with Crippen LogP contribution in [0, 0.1) is 5.92 Å². The van der Waals surface area contributed by atoms with Crippen LogP contribution in [0.15, 0.2) is 0 Å².